The van der Waals surface area contributed by atoms with Gasteiger partial charge >= 0.3 is 0 Å². The number of nitrogens with zero attached hydrogens (tertiary/aromatic N) is 3. The predicted molar refractivity (Wildman–Crippen MR) is 80.3 cm³/mol. The second kappa shape index (κ2) is 6.76. The average Bonchev–Trinajstić information content (AvgIpc) is 2.82. The summed E-state index contributed by atoms with van der Waals surface area (Å²) in [6.45, 7) is 4.56. The van der Waals surface area contributed by atoms with Gasteiger partial charge in [0, 0.05) is 39.5 Å². The molecule has 7 nitrogen and oxygen atoms in total. The van der Waals surface area contributed by atoms with Crippen LogP contribution in [0.5, 0.6) is 0 Å². The number of sulfonamides is 1. The Balaban J connectivity index is 2.12. The summed E-state index contributed by atoms with van der Waals surface area (Å²) in [5.41, 5.74) is 5.77. The molecule has 1 aromatic rings. The number of anilines is 1. The van der Waals surface area contributed by atoms with Crippen LogP contribution in [-0.2, 0) is 21.3 Å². The van der Waals surface area contributed by atoms with Crippen LogP contribution in [0.4, 0.5) is 5.82 Å². The second-order valence-corrected chi connectivity index (χ2v) is 7.50. The fourth-order valence-electron chi connectivity index (χ4n) is 2.52. The molecule has 0 amide bonds. The molecule has 21 heavy (non-hydrogen) atoms. The fraction of sp³-hybridized carbons (Fsp3) is 0.769. The van der Waals surface area contributed by atoms with Gasteiger partial charge in [0.2, 0.25) is 10.0 Å². The topological polar surface area (TPSA) is 90.5 Å². The van der Waals surface area contributed by atoms with Gasteiger partial charge in [-0.15, -0.1) is 0 Å². The first-order chi connectivity index (χ1) is 9.95. The van der Waals surface area contributed by atoms with Gasteiger partial charge in [-0.2, -0.15) is 5.10 Å². The van der Waals surface area contributed by atoms with E-state index in [1.54, 1.807) is 11.7 Å². The van der Waals surface area contributed by atoms with Gasteiger partial charge in [0.15, 0.2) is 5.82 Å². The zero-order valence-corrected chi connectivity index (χ0v) is 13.5. The average molecular weight is 316 g/mol. The number of aromatic nitrogens is 2. The van der Waals surface area contributed by atoms with E-state index < -0.39 is 10.0 Å². The smallest absolute Gasteiger partial charge is 0.248 e. The summed E-state index contributed by atoms with van der Waals surface area (Å²) >= 11 is 0. The van der Waals surface area contributed by atoms with Crippen molar-refractivity contribution in [2.45, 2.75) is 37.6 Å². The molecular formula is C13H24N4O3S. The quantitative estimate of drug-likeness (QED) is 0.843. The summed E-state index contributed by atoms with van der Waals surface area (Å²) in [6.07, 6.45) is 4.18. The number of nitrogen functional groups attached to an aromatic ring is 1. The predicted octanol–water partition coefficient (Wildman–Crippen LogP) is 0.922. The van der Waals surface area contributed by atoms with Gasteiger partial charge < -0.3 is 10.5 Å². The lowest BCUT2D eigenvalue weighted by Gasteiger charge is -2.26. The summed E-state index contributed by atoms with van der Waals surface area (Å²) in [7, 11) is -1.98. The molecule has 120 valence electrons. The van der Waals surface area contributed by atoms with Crippen molar-refractivity contribution < 1.29 is 13.2 Å². The van der Waals surface area contributed by atoms with Gasteiger partial charge in [-0.3, -0.25) is 4.68 Å². The number of ether oxygens (including phenoxy) is 1. The van der Waals surface area contributed by atoms with E-state index in [1.807, 2.05) is 6.92 Å². The number of rotatable bonds is 6. The molecule has 2 rings (SSSR count). The molecule has 8 heteroatoms. The van der Waals surface area contributed by atoms with Crippen molar-refractivity contribution in [3.8, 4) is 0 Å². The van der Waals surface area contributed by atoms with Crippen molar-refractivity contribution in [2.24, 2.45) is 5.92 Å². The van der Waals surface area contributed by atoms with Gasteiger partial charge in [0.1, 0.15) is 4.90 Å². The monoisotopic (exact) mass is 316 g/mol. The molecule has 2 heterocycles. The van der Waals surface area contributed by atoms with Gasteiger partial charge in [-0.25, -0.2) is 12.7 Å². The van der Waals surface area contributed by atoms with Gasteiger partial charge in [-0.1, -0.05) is 6.92 Å². The van der Waals surface area contributed by atoms with E-state index >= 15 is 0 Å². The second-order valence-electron chi connectivity index (χ2n) is 5.48. The maximum atomic E-state index is 12.6. The molecule has 1 aliphatic heterocycles. The Kier molecular flexibility index (Phi) is 5.23. The molecule has 0 spiro atoms. The Morgan fingerprint density at radius 2 is 2.14 bits per heavy atom. The lowest BCUT2D eigenvalue weighted by molar-refractivity contribution is 0.0620. The first-order valence-corrected chi connectivity index (χ1v) is 8.76. The van der Waals surface area contributed by atoms with Crippen molar-refractivity contribution in [3.05, 3.63) is 6.20 Å². The van der Waals surface area contributed by atoms with E-state index in [4.69, 9.17) is 10.5 Å². The minimum absolute atomic E-state index is 0.0716. The molecule has 0 atom stereocenters. The van der Waals surface area contributed by atoms with E-state index in [2.05, 4.69) is 5.10 Å². The highest BCUT2D eigenvalue weighted by atomic mass is 32.2. The Bertz CT molecular complexity index is 564. The molecule has 1 aromatic heterocycles. The zero-order valence-electron chi connectivity index (χ0n) is 12.7. The molecule has 1 aliphatic rings. The SMILES string of the molecule is CCCn1cc(S(=O)(=O)N(C)CC2CCOCC2)c(N)n1. The molecule has 0 bridgehead atoms. The van der Waals surface area contributed by atoms with E-state index in [9.17, 15) is 8.42 Å². The third-order valence-corrected chi connectivity index (χ3v) is 5.59. The van der Waals surface area contributed by atoms with Crippen LogP contribution in [0.15, 0.2) is 11.1 Å². The normalized spacial score (nSPS) is 17.5. The number of hydrogen-bond acceptors (Lipinski definition) is 5. The molecule has 0 aliphatic carbocycles. The first-order valence-electron chi connectivity index (χ1n) is 7.32. The van der Waals surface area contributed by atoms with Crippen molar-refractivity contribution in [1.29, 1.82) is 0 Å². The molecule has 1 fully saturated rings. The van der Waals surface area contributed by atoms with Crippen LogP contribution in [0.1, 0.15) is 26.2 Å². The van der Waals surface area contributed by atoms with E-state index in [-0.39, 0.29) is 10.7 Å². The van der Waals surface area contributed by atoms with Gasteiger partial charge in [0.25, 0.3) is 0 Å². The van der Waals surface area contributed by atoms with Crippen molar-refractivity contribution >= 4 is 15.8 Å². The number of hydrogen-bond donors (Lipinski definition) is 1. The highest BCUT2D eigenvalue weighted by Gasteiger charge is 2.28. The van der Waals surface area contributed by atoms with Crippen LogP contribution in [0.2, 0.25) is 0 Å². The largest absolute Gasteiger partial charge is 0.381 e. The van der Waals surface area contributed by atoms with Gasteiger partial charge in [0.05, 0.1) is 0 Å². The summed E-state index contributed by atoms with van der Waals surface area (Å²) in [4.78, 5) is 0.102. The zero-order chi connectivity index (χ0) is 15.5. The molecular weight excluding hydrogens is 292 g/mol. The van der Waals surface area contributed by atoms with Crippen LogP contribution >= 0.6 is 0 Å². The molecule has 0 radical (unpaired) electrons. The minimum atomic E-state index is -3.58. The summed E-state index contributed by atoms with van der Waals surface area (Å²) in [6, 6.07) is 0. The van der Waals surface area contributed by atoms with Crippen LogP contribution in [0.25, 0.3) is 0 Å². The Morgan fingerprint density at radius 3 is 2.76 bits per heavy atom. The standard InChI is InChI=1S/C13H24N4O3S/c1-3-6-17-10-12(13(14)15-17)21(18,19)16(2)9-11-4-7-20-8-5-11/h10-11H,3-9H2,1-2H3,(H2,14,15). The molecule has 1 saturated heterocycles. The van der Waals surface area contributed by atoms with Crippen LogP contribution in [-0.4, -0.2) is 49.3 Å². The third-order valence-electron chi connectivity index (χ3n) is 3.75. The molecule has 0 aromatic carbocycles. The minimum Gasteiger partial charge on any atom is -0.381 e. The van der Waals surface area contributed by atoms with E-state index in [0.717, 1.165) is 19.3 Å². The van der Waals surface area contributed by atoms with Crippen LogP contribution in [0, 0.1) is 5.92 Å². The summed E-state index contributed by atoms with van der Waals surface area (Å²) < 4.78 is 33.5. The van der Waals surface area contributed by atoms with E-state index in [0.29, 0.717) is 32.2 Å². The van der Waals surface area contributed by atoms with Crippen molar-refractivity contribution in [1.82, 2.24) is 14.1 Å². The summed E-state index contributed by atoms with van der Waals surface area (Å²) in [5, 5.41) is 4.06. The Hall–Kier alpha value is -1.12. The lowest BCUT2D eigenvalue weighted by atomic mass is 10.0. The summed E-state index contributed by atoms with van der Waals surface area (Å²) in [5.74, 6) is 0.410. The Labute approximate surface area is 126 Å². The van der Waals surface area contributed by atoms with Crippen LogP contribution in [0.3, 0.4) is 0 Å². The molecule has 2 N–H and O–H groups in total. The maximum absolute atomic E-state index is 12.6. The lowest BCUT2D eigenvalue weighted by Crippen LogP contribution is -2.34. The number of aryl methyl sites for hydroxylation is 1. The maximum Gasteiger partial charge on any atom is 0.248 e. The van der Waals surface area contributed by atoms with Crippen molar-refractivity contribution in [2.75, 3.05) is 32.5 Å². The molecule has 0 unspecified atom stereocenters. The van der Waals surface area contributed by atoms with E-state index in [1.165, 1.54) is 10.5 Å². The third kappa shape index (κ3) is 3.75. The number of nitrogens with two attached hydrogens (primary N) is 1. The highest BCUT2D eigenvalue weighted by Crippen LogP contribution is 2.23. The van der Waals surface area contributed by atoms with Crippen molar-refractivity contribution in [3.63, 3.8) is 0 Å². The van der Waals surface area contributed by atoms with Crippen LogP contribution < -0.4 is 5.73 Å². The highest BCUT2D eigenvalue weighted by molar-refractivity contribution is 7.89. The van der Waals surface area contributed by atoms with Gasteiger partial charge in [-0.05, 0) is 25.2 Å². The molecule has 0 saturated carbocycles. The fourth-order valence-corrected chi connectivity index (χ4v) is 3.82. The first kappa shape index (κ1) is 16.3. The Morgan fingerprint density at radius 1 is 1.48 bits per heavy atom.